The number of esters is 1. The van der Waals surface area contributed by atoms with Gasteiger partial charge in [-0.3, -0.25) is 14.3 Å². The van der Waals surface area contributed by atoms with Crippen LogP contribution in [0.4, 0.5) is 0 Å². The Balaban J connectivity index is 1.71. The Labute approximate surface area is 159 Å². The zero-order valence-electron chi connectivity index (χ0n) is 15.4. The second-order valence-corrected chi connectivity index (χ2v) is 6.62. The lowest BCUT2D eigenvalue weighted by Gasteiger charge is -2.19. The van der Waals surface area contributed by atoms with Crippen molar-refractivity contribution in [2.75, 3.05) is 13.7 Å². The van der Waals surface area contributed by atoms with Gasteiger partial charge in [-0.05, 0) is 18.7 Å². The van der Waals surface area contributed by atoms with E-state index in [0.29, 0.717) is 17.6 Å². The quantitative estimate of drug-likeness (QED) is 0.346. The molecule has 1 aromatic heterocycles. The minimum absolute atomic E-state index is 0.124. The van der Waals surface area contributed by atoms with Gasteiger partial charge in [0.15, 0.2) is 0 Å². The maximum Gasteiger partial charge on any atom is 0.335 e. The van der Waals surface area contributed by atoms with Gasteiger partial charge in [0.2, 0.25) is 0 Å². The molecule has 0 bridgehead atoms. The maximum absolute atomic E-state index is 12.2. The van der Waals surface area contributed by atoms with Crippen molar-refractivity contribution in [3.63, 3.8) is 0 Å². The Hall–Kier alpha value is -3.30. The van der Waals surface area contributed by atoms with Gasteiger partial charge in [0, 0.05) is 42.8 Å². The summed E-state index contributed by atoms with van der Waals surface area (Å²) in [4.78, 5) is 42.6. The zero-order valence-corrected chi connectivity index (χ0v) is 15.4. The third-order valence-corrected chi connectivity index (χ3v) is 4.54. The largest absolute Gasteiger partial charge is 0.460 e. The maximum atomic E-state index is 12.2. The van der Waals surface area contributed by atoms with Crippen molar-refractivity contribution in [2.24, 2.45) is 5.11 Å². The van der Waals surface area contributed by atoms with Gasteiger partial charge in [-0.1, -0.05) is 11.2 Å². The molecule has 0 spiro atoms. The van der Waals surface area contributed by atoms with E-state index in [0.717, 1.165) is 0 Å². The number of nitrogens with one attached hydrogen (secondary N) is 1. The number of aromatic nitrogens is 2. The van der Waals surface area contributed by atoms with Crippen molar-refractivity contribution in [1.82, 2.24) is 14.5 Å². The topological polar surface area (TPSA) is 142 Å². The van der Waals surface area contributed by atoms with Crippen molar-refractivity contribution in [2.45, 2.75) is 38.1 Å². The molecule has 0 radical (unpaired) electrons. The fraction of sp³-hybridized carbons (Fsp3) is 0.471. The summed E-state index contributed by atoms with van der Waals surface area (Å²) < 4.78 is 12.4. The van der Waals surface area contributed by atoms with Crippen LogP contribution in [0.25, 0.3) is 10.4 Å². The van der Waals surface area contributed by atoms with Crippen LogP contribution in [0.2, 0.25) is 0 Å². The van der Waals surface area contributed by atoms with Gasteiger partial charge in [0.05, 0.1) is 11.6 Å². The molecule has 3 heterocycles. The van der Waals surface area contributed by atoms with Gasteiger partial charge >= 0.3 is 11.7 Å². The molecule has 11 heteroatoms. The molecule has 3 rings (SSSR count). The fourth-order valence-corrected chi connectivity index (χ4v) is 3.10. The van der Waals surface area contributed by atoms with E-state index in [4.69, 9.17) is 15.0 Å². The first kappa shape index (κ1) is 19.5. The van der Waals surface area contributed by atoms with Crippen LogP contribution < -0.4 is 11.2 Å². The number of azide groups is 1. The number of nitrogens with zero attached hydrogens (tertiary/aromatic N) is 5. The van der Waals surface area contributed by atoms with Crippen LogP contribution >= 0.6 is 0 Å². The van der Waals surface area contributed by atoms with E-state index in [1.807, 2.05) is 12.3 Å². The van der Waals surface area contributed by atoms with Crippen LogP contribution in [0, 0.1) is 6.92 Å². The number of H-pyrrole nitrogens is 1. The number of ether oxygens (including phenoxy) is 2. The monoisotopic (exact) mass is 388 g/mol. The average molecular weight is 388 g/mol. The molecule has 3 unspecified atom stereocenters. The van der Waals surface area contributed by atoms with Gasteiger partial charge < -0.3 is 14.4 Å². The van der Waals surface area contributed by atoms with E-state index in [9.17, 15) is 14.4 Å². The summed E-state index contributed by atoms with van der Waals surface area (Å²) in [7, 11) is 1.80. The number of allylic oxidation sites excluding steroid dienone is 1. The highest BCUT2D eigenvalue weighted by Crippen LogP contribution is 2.30. The smallest absolute Gasteiger partial charge is 0.335 e. The fourth-order valence-electron chi connectivity index (χ4n) is 3.10. The number of carbonyl (C=O) groups is 1. The van der Waals surface area contributed by atoms with Crippen LogP contribution in [0.1, 0.15) is 24.6 Å². The molecule has 11 nitrogen and oxygen atoms in total. The zero-order chi connectivity index (χ0) is 20.3. The molecule has 2 aliphatic rings. The number of hydrogen-bond donors (Lipinski definition) is 1. The van der Waals surface area contributed by atoms with E-state index < -0.39 is 35.6 Å². The lowest BCUT2D eigenvalue weighted by molar-refractivity contribution is -0.144. The Morgan fingerprint density at radius 3 is 3.00 bits per heavy atom. The van der Waals surface area contributed by atoms with Crippen molar-refractivity contribution in [3.05, 3.63) is 67.1 Å². The van der Waals surface area contributed by atoms with E-state index >= 15 is 0 Å². The highest BCUT2D eigenvalue weighted by atomic mass is 16.6. The van der Waals surface area contributed by atoms with Gasteiger partial charge in [-0.15, -0.1) is 0 Å². The molecule has 148 valence electrons. The van der Waals surface area contributed by atoms with Crippen LogP contribution in [-0.4, -0.2) is 46.2 Å². The Morgan fingerprint density at radius 1 is 1.50 bits per heavy atom. The van der Waals surface area contributed by atoms with E-state index in [1.54, 1.807) is 25.1 Å². The summed E-state index contributed by atoms with van der Waals surface area (Å²) in [6.45, 7) is 1.44. The molecule has 0 aliphatic carbocycles. The molecule has 0 aromatic carbocycles. The second-order valence-electron chi connectivity index (χ2n) is 6.62. The van der Waals surface area contributed by atoms with Crippen molar-refractivity contribution in [1.29, 1.82) is 0 Å². The molecule has 3 atom stereocenters. The Bertz CT molecular complexity index is 986. The van der Waals surface area contributed by atoms with Crippen molar-refractivity contribution < 1.29 is 14.3 Å². The first-order valence-electron chi connectivity index (χ1n) is 8.67. The van der Waals surface area contributed by atoms with Crippen LogP contribution in [-0.2, 0) is 14.3 Å². The van der Waals surface area contributed by atoms with Crippen molar-refractivity contribution in [3.8, 4) is 0 Å². The van der Waals surface area contributed by atoms with E-state index in [2.05, 4.69) is 15.0 Å². The standard InChI is InChI=1S/C17H20N6O5/c1-10-7-23(17(26)19-15(10)24)14-6-12(20-21-18)13(28-14)9-27-16(25)11-4-3-5-22(2)8-11/h3,5,7-8,12-14H,4,6,9H2,1-2H3,(H,19,24,26). The number of aryl methyl sites for hydroxylation is 1. The van der Waals surface area contributed by atoms with E-state index in [1.165, 1.54) is 10.8 Å². The third kappa shape index (κ3) is 4.16. The van der Waals surface area contributed by atoms with Gasteiger partial charge in [0.1, 0.15) is 18.9 Å². The van der Waals surface area contributed by atoms with Crippen LogP contribution in [0.3, 0.4) is 0 Å². The predicted molar refractivity (Wildman–Crippen MR) is 98.1 cm³/mol. The Kier molecular flexibility index (Phi) is 5.67. The number of aromatic amines is 1. The molecular weight excluding hydrogens is 368 g/mol. The molecular formula is C17H20N6O5. The molecule has 28 heavy (non-hydrogen) atoms. The first-order valence-corrected chi connectivity index (χ1v) is 8.67. The molecule has 1 aromatic rings. The second kappa shape index (κ2) is 8.15. The van der Waals surface area contributed by atoms with Crippen molar-refractivity contribution >= 4 is 5.97 Å². The first-order chi connectivity index (χ1) is 13.4. The van der Waals surface area contributed by atoms with Gasteiger partial charge in [0.25, 0.3) is 5.56 Å². The number of carbonyl (C=O) groups excluding carboxylic acids is 1. The Morgan fingerprint density at radius 2 is 2.29 bits per heavy atom. The molecule has 1 fully saturated rings. The minimum Gasteiger partial charge on any atom is -0.460 e. The lowest BCUT2D eigenvalue weighted by Crippen LogP contribution is -2.33. The lowest BCUT2D eigenvalue weighted by atomic mass is 10.1. The highest BCUT2D eigenvalue weighted by molar-refractivity contribution is 5.88. The molecule has 0 saturated carbocycles. The summed E-state index contributed by atoms with van der Waals surface area (Å²) in [5, 5.41) is 3.70. The summed E-state index contributed by atoms with van der Waals surface area (Å²) in [5.41, 5.74) is 8.54. The summed E-state index contributed by atoms with van der Waals surface area (Å²) in [5.74, 6) is -0.486. The molecule has 2 aliphatic heterocycles. The highest BCUT2D eigenvalue weighted by Gasteiger charge is 2.37. The van der Waals surface area contributed by atoms with Crippen LogP contribution in [0.15, 0.2) is 44.9 Å². The van der Waals surface area contributed by atoms with Crippen LogP contribution in [0.5, 0.6) is 0 Å². The molecule has 1 N–H and O–H groups in total. The predicted octanol–water partition coefficient (Wildman–Crippen LogP) is 1.09. The number of hydrogen-bond acceptors (Lipinski definition) is 7. The van der Waals surface area contributed by atoms with Gasteiger partial charge in [-0.25, -0.2) is 9.59 Å². The molecule has 1 saturated heterocycles. The third-order valence-electron chi connectivity index (χ3n) is 4.54. The summed E-state index contributed by atoms with van der Waals surface area (Å²) in [6, 6.07) is -0.621. The van der Waals surface area contributed by atoms with Gasteiger partial charge in [-0.2, -0.15) is 0 Å². The average Bonchev–Trinajstić information content (AvgIpc) is 3.05. The summed E-state index contributed by atoms with van der Waals surface area (Å²) in [6.07, 6.45) is 5.97. The molecule has 0 amide bonds. The summed E-state index contributed by atoms with van der Waals surface area (Å²) >= 11 is 0. The van der Waals surface area contributed by atoms with E-state index in [-0.39, 0.29) is 13.0 Å². The normalized spacial score (nSPS) is 23.9. The minimum atomic E-state index is -0.745. The SMILES string of the molecule is Cc1cn(C2CC(N=[N+]=[N-])C(COC(=O)C3=CN(C)C=CC3)O2)c(=O)[nH]c1=O. The number of rotatable bonds is 5.